The first-order valence-corrected chi connectivity index (χ1v) is 9.22. The zero-order valence-corrected chi connectivity index (χ0v) is 16.3. The van der Waals surface area contributed by atoms with E-state index < -0.39 is 0 Å². The van der Waals surface area contributed by atoms with Crippen LogP contribution in [0.5, 0.6) is 0 Å². The molecule has 2 aromatic heterocycles. The summed E-state index contributed by atoms with van der Waals surface area (Å²) in [7, 11) is 1.78. The summed E-state index contributed by atoms with van der Waals surface area (Å²) in [6, 6.07) is -0.000378. The van der Waals surface area contributed by atoms with Gasteiger partial charge in [0.25, 0.3) is 5.91 Å². The zero-order chi connectivity index (χ0) is 19.6. The van der Waals surface area contributed by atoms with Gasteiger partial charge in [0.1, 0.15) is 0 Å². The molecule has 0 bridgehead atoms. The minimum atomic E-state index is -0.0474. The molecule has 3 heterocycles. The summed E-state index contributed by atoms with van der Waals surface area (Å²) in [5, 5.41) is 8.03. The zero-order valence-electron chi connectivity index (χ0n) is 16.3. The number of amides is 2. The Morgan fingerprint density at radius 2 is 2.19 bits per heavy atom. The Labute approximate surface area is 158 Å². The molecule has 146 valence electrons. The van der Waals surface area contributed by atoms with Gasteiger partial charge in [0.15, 0.2) is 5.82 Å². The van der Waals surface area contributed by atoms with E-state index in [4.69, 9.17) is 4.52 Å². The van der Waals surface area contributed by atoms with E-state index in [1.54, 1.807) is 35.9 Å². The second kappa shape index (κ2) is 7.89. The molecule has 0 N–H and O–H groups in total. The lowest BCUT2D eigenvalue weighted by Gasteiger charge is -2.27. The van der Waals surface area contributed by atoms with Gasteiger partial charge in [-0.1, -0.05) is 19.0 Å². The fourth-order valence-corrected chi connectivity index (χ4v) is 3.32. The van der Waals surface area contributed by atoms with Gasteiger partial charge < -0.3 is 14.3 Å². The van der Waals surface area contributed by atoms with Crippen molar-refractivity contribution in [3.8, 4) is 0 Å². The largest absolute Gasteiger partial charge is 0.339 e. The van der Waals surface area contributed by atoms with Crippen molar-refractivity contribution >= 4 is 11.8 Å². The second-order valence-corrected chi connectivity index (χ2v) is 7.26. The van der Waals surface area contributed by atoms with Crippen molar-refractivity contribution in [2.24, 2.45) is 7.05 Å². The molecule has 0 aromatic carbocycles. The molecule has 0 aliphatic carbocycles. The summed E-state index contributed by atoms with van der Waals surface area (Å²) in [5.41, 5.74) is 0.570. The summed E-state index contributed by atoms with van der Waals surface area (Å²) < 4.78 is 6.83. The first-order valence-electron chi connectivity index (χ1n) is 9.22. The van der Waals surface area contributed by atoms with Crippen molar-refractivity contribution in [2.75, 3.05) is 19.6 Å². The van der Waals surface area contributed by atoms with Crippen molar-refractivity contribution in [3.63, 3.8) is 0 Å². The second-order valence-electron chi connectivity index (χ2n) is 7.26. The van der Waals surface area contributed by atoms with Crippen molar-refractivity contribution in [1.82, 2.24) is 29.7 Å². The molecule has 1 aliphatic heterocycles. The Morgan fingerprint density at radius 1 is 1.41 bits per heavy atom. The highest BCUT2D eigenvalue weighted by Gasteiger charge is 2.32. The molecule has 27 heavy (non-hydrogen) atoms. The molecule has 0 spiro atoms. The lowest BCUT2D eigenvalue weighted by atomic mass is 10.2. The van der Waals surface area contributed by atoms with E-state index in [0.29, 0.717) is 43.3 Å². The predicted molar refractivity (Wildman–Crippen MR) is 97.0 cm³/mol. The van der Waals surface area contributed by atoms with Gasteiger partial charge in [-0.25, -0.2) is 0 Å². The van der Waals surface area contributed by atoms with Gasteiger partial charge in [-0.15, -0.1) is 0 Å². The molecule has 1 saturated heterocycles. The van der Waals surface area contributed by atoms with E-state index in [9.17, 15) is 9.59 Å². The third-order valence-corrected chi connectivity index (χ3v) is 4.80. The van der Waals surface area contributed by atoms with Crippen LogP contribution >= 0.6 is 0 Å². The van der Waals surface area contributed by atoms with Crippen molar-refractivity contribution in [1.29, 1.82) is 0 Å². The average Bonchev–Trinajstić information content (AvgIpc) is 3.34. The van der Waals surface area contributed by atoms with Crippen LogP contribution in [0.2, 0.25) is 0 Å². The highest BCUT2D eigenvalue weighted by Crippen LogP contribution is 2.19. The third kappa shape index (κ3) is 4.35. The van der Waals surface area contributed by atoms with Gasteiger partial charge in [-0.05, 0) is 6.42 Å². The van der Waals surface area contributed by atoms with Crippen molar-refractivity contribution < 1.29 is 14.1 Å². The lowest BCUT2D eigenvalue weighted by molar-refractivity contribution is -0.130. The van der Waals surface area contributed by atoms with Gasteiger partial charge in [0.2, 0.25) is 11.8 Å². The maximum absolute atomic E-state index is 12.6. The van der Waals surface area contributed by atoms with Crippen LogP contribution in [-0.2, 0) is 18.3 Å². The first kappa shape index (κ1) is 19.1. The van der Waals surface area contributed by atoms with Gasteiger partial charge in [-0.2, -0.15) is 10.1 Å². The quantitative estimate of drug-likeness (QED) is 0.754. The SMILES string of the molecule is CC(=O)N(CCc1noc(C(C)C)n1)C1CCN(C(=O)c2cnn(C)c2)C1. The molecular weight excluding hydrogens is 348 g/mol. The Morgan fingerprint density at radius 3 is 2.78 bits per heavy atom. The molecular formula is C18H26N6O3. The smallest absolute Gasteiger partial charge is 0.257 e. The number of nitrogens with zero attached hydrogens (tertiary/aromatic N) is 6. The number of aryl methyl sites for hydroxylation is 1. The van der Waals surface area contributed by atoms with Crippen molar-refractivity contribution in [2.45, 2.75) is 45.6 Å². The van der Waals surface area contributed by atoms with Crippen LogP contribution in [-0.4, -0.2) is 67.2 Å². The van der Waals surface area contributed by atoms with Crippen LogP contribution in [0.3, 0.4) is 0 Å². The Hall–Kier alpha value is -2.71. The average molecular weight is 374 g/mol. The van der Waals surface area contributed by atoms with E-state index in [2.05, 4.69) is 15.2 Å². The highest BCUT2D eigenvalue weighted by molar-refractivity contribution is 5.94. The summed E-state index contributed by atoms with van der Waals surface area (Å²) in [4.78, 5) is 32.7. The molecule has 0 saturated carbocycles. The summed E-state index contributed by atoms with van der Waals surface area (Å²) in [6.07, 6.45) is 4.57. The topological polar surface area (TPSA) is 97.4 Å². The molecule has 1 unspecified atom stereocenters. The van der Waals surface area contributed by atoms with E-state index in [1.807, 2.05) is 18.7 Å². The molecule has 2 amide bonds. The number of hydrogen-bond acceptors (Lipinski definition) is 6. The third-order valence-electron chi connectivity index (χ3n) is 4.80. The van der Waals surface area contributed by atoms with E-state index in [1.165, 1.54) is 0 Å². The maximum Gasteiger partial charge on any atom is 0.257 e. The monoisotopic (exact) mass is 374 g/mol. The van der Waals surface area contributed by atoms with Gasteiger partial charge in [-0.3, -0.25) is 14.3 Å². The van der Waals surface area contributed by atoms with Crippen LogP contribution in [0.15, 0.2) is 16.9 Å². The molecule has 3 rings (SSSR count). The van der Waals surface area contributed by atoms with Crippen LogP contribution in [0.25, 0.3) is 0 Å². The lowest BCUT2D eigenvalue weighted by Crippen LogP contribution is -2.42. The Bertz CT molecular complexity index is 812. The number of hydrogen-bond donors (Lipinski definition) is 0. The highest BCUT2D eigenvalue weighted by atomic mass is 16.5. The number of aromatic nitrogens is 4. The number of carbonyl (C=O) groups is 2. The number of rotatable bonds is 6. The molecule has 9 heteroatoms. The predicted octanol–water partition coefficient (Wildman–Crippen LogP) is 1.23. The van der Waals surface area contributed by atoms with Crippen molar-refractivity contribution in [3.05, 3.63) is 29.7 Å². The standard InChI is InChI=1S/C18H26N6O3/c1-12(2)17-20-16(21-27-17)6-8-24(13(3)25)15-5-7-23(11-15)18(26)14-9-19-22(4)10-14/h9-10,12,15H,5-8,11H2,1-4H3. The summed E-state index contributed by atoms with van der Waals surface area (Å²) in [5.74, 6) is 1.33. The molecule has 2 aromatic rings. The number of carbonyl (C=O) groups excluding carboxylic acids is 2. The van der Waals surface area contributed by atoms with E-state index in [-0.39, 0.29) is 23.8 Å². The maximum atomic E-state index is 12.6. The van der Waals surface area contributed by atoms with Crippen LogP contribution < -0.4 is 0 Å². The Kier molecular flexibility index (Phi) is 5.57. The fourth-order valence-electron chi connectivity index (χ4n) is 3.32. The minimum Gasteiger partial charge on any atom is -0.339 e. The van der Waals surface area contributed by atoms with Gasteiger partial charge in [0.05, 0.1) is 17.8 Å². The molecule has 1 fully saturated rings. The molecule has 1 aliphatic rings. The van der Waals surface area contributed by atoms with E-state index in [0.717, 1.165) is 6.42 Å². The fraction of sp³-hybridized carbons (Fsp3) is 0.611. The molecule has 0 radical (unpaired) electrons. The number of likely N-dealkylation sites (tertiary alicyclic amines) is 1. The van der Waals surface area contributed by atoms with Crippen LogP contribution in [0.4, 0.5) is 0 Å². The van der Waals surface area contributed by atoms with Crippen LogP contribution in [0, 0.1) is 0 Å². The summed E-state index contributed by atoms with van der Waals surface area (Å²) in [6.45, 7) is 7.20. The van der Waals surface area contributed by atoms with E-state index >= 15 is 0 Å². The minimum absolute atomic E-state index is 0.000378. The first-order chi connectivity index (χ1) is 12.8. The molecule has 9 nitrogen and oxygen atoms in total. The van der Waals surface area contributed by atoms with Gasteiger partial charge >= 0.3 is 0 Å². The normalized spacial score (nSPS) is 16.9. The molecule has 1 atom stereocenters. The van der Waals surface area contributed by atoms with Crippen LogP contribution in [0.1, 0.15) is 55.2 Å². The van der Waals surface area contributed by atoms with Gasteiger partial charge in [0, 0.05) is 52.1 Å². The summed E-state index contributed by atoms with van der Waals surface area (Å²) >= 11 is 0. The Balaban J connectivity index is 1.60.